The van der Waals surface area contributed by atoms with Gasteiger partial charge in [0.25, 0.3) is 0 Å². The summed E-state index contributed by atoms with van der Waals surface area (Å²) in [5, 5.41) is 7.94. The Kier molecular flexibility index (Phi) is 6.72. The van der Waals surface area contributed by atoms with E-state index in [1.54, 1.807) is 0 Å². The van der Waals surface area contributed by atoms with Crippen molar-refractivity contribution in [2.24, 2.45) is 0 Å². The molecular formula is C18H27N5OS. The summed E-state index contributed by atoms with van der Waals surface area (Å²) in [6, 6.07) is 0. The van der Waals surface area contributed by atoms with E-state index in [4.69, 9.17) is 4.74 Å². The standard InChI is InChI=1S/C18H27N5OS/c1-3-5-17-23-13(2)16(25-17)12-19-8-14-9-20-18(21-10-14)22-11-15-6-4-7-24-15/h9-10,15,19H,3-8,11-12H2,1-2H3,(H,20,21,22). The van der Waals surface area contributed by atoms with E-state index in [0.29, 0.717) is 12.1 Å². The summed E-state index contributed by atoms with van der Waals surface area (Å²) in [7, 11) is 0. The van der Waals surface area contributed by atoms with Gasteiger partial charge in [-0.05, 0) is 32.6 Å². The normalized spacial score (nSPS) is 17.1. The van der Waals surface area contributed by atoms with Crippen molar-refractivity contribution in [2.75, 3.05) is 18.5 Å². The minimum Gasteiger partial charge on any atom is -0.376 e. The van der Waals surface area contributed by atoms with E-state index in [9.17, 15) is 0 Å². The lowest BCUT2D eigenvalue weighted by atomic mass is 10.2. The Bertz CT molecular complexity index is 652. The van der Waals surface area contributed by atoms with Gasteiger partial charge in [-0.15, -0.1) is 11.3 Å². The Morgan fingerprint density at radius 3 is 2.84 bits per heavy atom. The lowest BCUT2D eigenvalue weighted by Crippen LogP contribution is -2.19. The highest BCUT2D eigenvalue weighted by molar-refractivity contribution is 7.11. The summed E-state index contributed by atoms with van der Waals surface area (Å²) in [5.74, 6) is 0.668. The van der Waals surface area contributed by atoms with Gasteiger partial charge >= 0.3 is 0 Å². The first-order valence-corrected chi connectivity index (χ1v) is 9.88. The maximum absolute atomic E-state index is 5.59. The molecule has 7 heteroatoms. The van der Waals surface area contributed by atoms with Gasteiger partial charge in [0.05, 0.1) is 16.8 Å². The molecule has 3 heterocycles. The number of nitrogens with one attached hydrogen (secondary N) is 2. The van der Waals surface area contributed by atoms with Crippen LogP contribution in [0.15, 0.2) is 12.4 Å². The predicted octanol–water partition coefficient (Wildman–Crippen LogP) is 3.07. The maximum atomic E-state index is 5.59. The minimum absolute atomic E-state index is 0.296. The van der Waals surface area contributed by atoms with Crippen LogP contribution in [-0.2, 0) is 24.2 Å². The Morgan fingerprint density at radius 2 is 2.12 bits per heavy atom. The second-order valence-corrected chi connectivity index (χ2v) is 7.57. The highest BCUT2D eigenvalue weighted by atomic mass is 32.1. The van der Waals surface area contributed by atoms with Crippen molar-refractivity contribution in [3.8, 4) is 0 Å². The quantitative estimate of drug-likeness (QED) is 0.715. The molecule has 3 rings (SSSR count). The first kappa shape index (κ1) is 18.2. The first-order valence-electron chi connectivity index (χ1n) is 9.07. The molecule has 1 aliphatic rings. The molecule has 0 bridgehead atoms. The van der Waals surface area contributed by atoms with Gasteiger partial charge in [-0.1, -0.05) is 6.92 Å². The summed E-state index contributed by atoms with van der Waals surface area (Å²) in [4.78, 5) is 14.7. The number of aryl methyl sites for hydroxylation is 2. The number of ether oxygens (including phenoxy) is 1. The van der Waals surface area contributed by atoms with Crippen molar-refractivity contribution in [1.29, 1.82) is 0 Å². The molecule has 1 saturated heterocycles. The van der Waals surface area contributed by atoms with Gasteiger partial charge in [0, 0.05) is 49.1 Å². The topological polar surface area (TPSA) is 72.0 Å². The lowest BCUT2D eigenvalue weighted by Gasteiger charge is -2.10. The number of anilines is 1. The van der Waals surface area contributed by atoms with Crippen LogP contribution < -0.4 is 10.6 Å². The van der Waals surface area contributed by atoms with Crippen LogP contribution in [0.25, 0.3) is 0 Å². The zero-order chi connectivity index (χ0) is 17.5. The molecule has 1 fully saturated rings. The zero-order valence-electron chi connectivity index (χ0n) is 15.0. The van der Waals surface area contributed by atoms with Crippen LogP contribution in [0.4, 0.5) is 5.95 Å². The van der Waals surface area contributed by atoms with Crippen LogP contribution in [0.3, 0.4) is 0 Å². The van der Waals surface area contributed by atoms with Crippen molar-refractivity contribution < 1.29 is 4.74 Å². The molecule has 0 radical (unpaired) electrons. The summed E-state index contributed by atoms with van der Waals surface area (Å²) in [6.07, 6.45) is 8.53. The second-order valence-electron chi connectivity index (χ2n) is 6.40. The molecule has 25 heavy (non-hydrogen) atoms. The largest absolute Gasteiger partial charge is 0.376 e. The van der Waals surface area contributed by atoms with Crippen LogP contribution in [0.5, 0.6) is 0 Å². The van der Waals surface area contributed by atoms with Gasteiger partial charge < -0.3 is 15.4 Å². The van der Waals surface area contributed by atoms with Gasteiger partial charge in [0.15, 0.2) is 0 Å². The van der Waals surface area contributed by atoms with E-state index >= 15 is 0 Å². The fraction of sp³-hybridized carbons (Fsp3) is 0.611. The van der Waals surface area contributed by atoms with E-state index in [-0.39, 0.29) is 0 Å². The van der Waals surface area contributed by atoms with Crippen molar-refractivity contribution in [1.82, 2.24) is 20.3 Å². The third-order valence-electron chi connectivity index (χ3n) is 4.23. The fourth-order valence-corrected chi connectivity index (χ4v) is 3.98. The van der Waals surface area contributed by atoms with E-state index in [1.807, 2.05) is 23.7 Å². The molecular weight excluding hydrogens is 334 g/mol. The van der Waals surface area contributed by atoms with Crippen LogP contribution in [0.1, 0.15) is 47.3 Å². The predicted molar refractivity (Wildman–Crippen MR) is 101 cm³/mol. The van der Waals surface area contributed by atoms with Crippen LogP contribution in [0, 0.1) is 6.92 Å². The molecule has 2 aromatic rings. The van der Waals surface area contributed by atoms with Gasteiger partial charge in [-0.2, -0.15) is 0 Å². The van der Waals surface area contributed by atoms with E-state index in [0.717, 1.165) is 63.2 Å². The third kappa shape index (κ3) is 5.45. The Hall–Kier alpha value is -1.57. The number of thiazole rings is 1. The van der Waals surface area contributed by atoms with Crippen LogP contribution >= 0.6 is 11.3 Å². The Morgan fingerprint density at radius 1 is 1.28 bits per heavy atom. The highest BCUT2D eigenvalue weighted by Gasteiger charge is 2.15. The summed E-state index contributed by atoms with van der Waals surface area (Å²) < 4.78 is 5.59. The Balaban J connectivity index is 1.42. The van der Waals surface area contributed by atoms with Gasteiger partial charge in [0.2, 0.25) is 5.95 Å². The molecule has 136 valence electrons. The van der Waals surface area contributed by atoms with Crippen molar-refractivity contribution in [3.05, 3.63) is 33.5 Å². The molecule has 2 aromatic heterocycles. The SMILES string of the molecule is CCCc1nc(C)c(CNCc2cnc(NCC3CCCO3)nc2)s1. The molecule has 6 nitrogen and oxygen atoms in total. The monoisotopic (exact) mass is 361 g/mol. The third-order valence-corrected chi connectivity index (χ3v) is 5.45. The summed E-state index contributed by atoms with van der Waals surface area (Å²) in [6.45, 7) is 7.52. The van der Waals surface area contributed by atoms with Crippen LogP contribution in [0.2, 0.25) is 0 Å². The number of nitrogens with zero attached hydrogens (tertiary/aromatic N) is 3. The summed E-state index contributed by atoms with van der Waals surface area (Å²) >= 11 is 1.81. The number of hydrogen-bond acceptors (Lipinski definition) is 7. The zero-order valence-corrected chi connectivity index (χ0v) is 15.9. The number of aromatic nitrogens is 3. The molecule has 0 aliphatic carbocycles. The van der Waals surface area contributed by atoms with E-state index < -0.39 is 0 Å². The number of rotatable bonds is 9. The number of hydrogen-bond donors (Lipinski definition) is 2. The van der Waals surface area contributed by atoms with Crippen molar-refractivity contribution in [2.45, 2.75) is 58.7 Å². The molecule has 0 spiro atoms. The maximum Gasteiger partial charge on any atom is 0.222 e. The average molecular weight is 362 g/mol. The van der Waals surface area contributed by atoms with Gasteiger partial charge in [0.1, 0.15) is 0 Å². The first-order chi connectivity index (χ1) is 12.2. The molecule has 0 saturated carbocycles. The van der Waals surface area contributed by atoms with Crippen molar-refractivity contribution in [3.63, 3.8) is 0 Å². The minimum atomic E-state index is 0.296. The molecule has 0 aromatic carbocycles. The molecule has 2 N–H and O–H groups in total. The molecule has 0 amide bonds. The van der Waals surface area contributed by atoms with E-state index in [2.05, 4.69) is 39.4 Å². The average Bonchev–Trinajstić information content (AvgIpc) is 3.25. The molecule has 1 atom stereocenters. The molecule has 1 unspecified atom stereocenters. The Labute approximate surface area is 153 Å². The van der Waals surface area contributed by atoms with E-state index in [1.165, 1.54) is 9.88 Å². The van der Waals surface area contributed by atoms with Gasteiger partial charge in [-0.3, -0.25) is 0 Å². The fourth-order valence-electron chi connectivity index (χ4n) is 2.84. The lowest BCUT2D eigenvalue weighted by molar-refractivity contribution is 0.120. The van der Waals surface area contributed by atoms with Crippen LogP contribution in [-0.4, -0.2) is 34.2 Å². The van der Waals surface area contributed by atoms with Gasteiger partial charge in [-0.25, -0.2) is 15.0 Å². The van der Waals surface area contributed by atoms with Crippen molar-refractivity contribution >= 4 is 17.3 Å². The molecule has 1 aliphatic heterocycles. The highest BCUT2D eigenvalue weighted by Crippen LogP contribution is 2.19. The smallest absolute Gasteiger partial charge is 0.222 e. The summed E-state index contributed by atoms with van der Waals surface area (Å²) in [5.41, 5.74) is 2.23. The second kappa shape index (κ2) is 9.22.